The Hall–Kier alpha value is -2.83. The number of ether oxygens (including phenoxy) is 1. The molecule has 1 atom stereocenters. The summed E-state index contributed by atoms with van der Waals surface area (Å²) in [6.45, 7) is 0.639. The van der Waals surface area contributed by atoms with E-state index in [1.807, 2.05) is 24.3 Å². The number of benzene rings is 1. The first kappa shape index (κ1) is 17.6. The molecule has 1 fully saturated rings. The van der Waals surface area contributed by atoms with Gasteiger partial charge in [0.1, 0.15) is 5.75 Å². The van der Waals surface area contributed by atoms with Crippen LogP contribution in [0.3, 0.4) is 0 Å². The number of nitrogens with zero attached hydrogens (tertiary/aromatic N) is 6. The van der Waals surface area contributed by atoms with Crippen LogP contribution in [-0.2, 0) is 10.2 Å². The van der Waals surface area contributed by atoms with Crippen molar-refractivity contribution in [3.63, 3.8) is 0 Å². The van der Waals surface area contributed by atoms with E-state index in [1.54, 1.807) is 18.0 Å². The predicted molar refractivity (Wildman–Crippen MR) is 97.7 cm³/mol. The van der Waals surface area contributed by atoms with Crippen molar-refractivity contribution in [1.82, 2.24) is 29.3 Å². The average molecular weight is 390 g/mol. The highest BCUT2D eigenvalue weighted by molar-refractivity contribution is 7.86. The molecule has 2 aromatic heterocycles. The Balaban J connectivity index is 1.58. The van der Waals surface area contributed by atoms with Crippen LogP contribution in [0.1, 0.15) is 6.42 Å². The fraction of sp³-hybridized carbons (Fsp3) is 0.333. The molecule has 27 heavy (non-hydrogen) atoms. The fourth-order valence-corrected chi connectivity index (χ4v) is 3.70. The maximum atomic E-state index is 11.4. The number of hydrogen-bond acceptors (Lipinski definition) is 8. The molecule has 0 spiro atoms. The zero-order chi connectivity index (χ0) is 19.0. The van der Waals surface area contributed by atoms with Crippen LogP contribution in [0, 0.1) is 0 Å². The Bertz CT molecular complexity index is 1070. The van der Waals surface area contributed by atoms with Gasteiger partial charge in [-0.25, -0.2) is 10.1 Å². The summed E-state index contributed by atoms with van der Waals surface area (Å²) in [5.74, 6) is 1.11. The molecule has 1 unspecified atom stereocenters. The summed E-state index contributed by atoms with van der Waals surface area (Å²) >= 11 is 0. The minimum absolute atomic E-state index is 0.119. The molecule has 1 aliphatic rings. The summed E-state index contributed by atoms with van der Waals surface area (Å²) in [5, 5.41) is 16.5. The summed E-state index contributed by atoms with van der Waals surface area (Å²) in [6.07, 6.45) is 2.19. The van der Waals surface area contributed by atoms with Gasteiger partial charge >= 0.3 is 0 Å². The first-order valence-corrected chi connectivity index (χ1v) is 9.71. The largest absolute Gasteiger partial charge is 0.497 e. The van der Waals surface area contributed by atoms with Gasteiger partial charge in [-0.15, -0.1) is 5.10 Å². The lowest BCUT2D eigenvalue weighted by atomic mass is 10.3. The predicted octanol–water partition coefficient (Wildman–Crippen LogP) is -0.0912. The van der Waals surface area contributed by atoms with Gasteiger partial charge in [-0.1, -0.05) is 5.21 Å². The lowest BCUT2D eigenvalue weighted by molar-refractivity contribution is 0.414. The van der Waals surface area contributed by atoms with Crippen molar-refractivity contribution in [3.8, 4) is 11.4 Å². The highest BCUT2D eigenvalue weighted by Gasteiger charge is 2.29. The van der Waals surface area contributed by atoms with Crippen molar-refractivity contribution in [3.05, 3.63) is 30.5 Å². The molecule has 0 radical (unpaired) electrons. The maximum Gasteiger partial charge on any atom is 0.276 e. The summed E-state index contributed by atoms with van der Waals surface area (Å²) in [7, 11) is -2.08. The van der Waals surface area contributed by atoms with E-state index in [2.05, 4.69) is 25.6 Å². The third-order valence-corrected chi connectivity index (χ3v) is 5.41. The molecular weight excluding hydrogens is 372 g/mol. The van der Waals surface area contributed by atoms with Crippen LogP contribution in [-0.4, -0.2) is 63.9 Å². The second kappa shape index (κ2) is 6.72. The number of aromatic nitrogens is 5. The van der Waals surface area contributed by atoms with Gasteiger partial charge in [0.15, 0.2) is 11.2 Å². The van der Waals surface area contributed by atoms with E-state index in [1.165, 1.54) is 4.31 Å². The van der Waals surface area contributed by atoms with Crippen molar-refractivity contribution < 1.29 is 13.2 Å². The Morgan fingerprint density at radius 2 is 2.07 bits per heavy atom. The maximum absolute atomic E-state index is 11.4. The van der Waals surface area contributed by atoms with Crippen molar-refractivity contribution >= 4 is 27.3 Å². The van der Waals surface area contributed by atoms with Gasteiger partial charge in [-0.05, 0) is 30.7 Å². The monoisotopic (exact) mass is 390 g/mol. The second-order valence-corrected chi connectivity index (χ2v) is 7.68. The molecule has 4 rings (SSSR count). The molecule has 11 nitrogen and oxygen atoms in total. The number of fused-ring (bicyclic) bond motifs is 1. The molecule has 0 saturated carbocycles. The third kappa shape index (κ3) is 3.54. The molecule has 12 heteroatoms. The van der Waals surface area contributed by atoms with Gasteiger partial charge in [0.2, 0.25) is 5.95 Å². The molecular formula is C15H18N8O3S. The molecule has 1 aromatic carbocycles. The standard InChI is InChI=1S/C15H18N8O3S/c1-26-12-4-2-11(3-5-12)23-14-13(20-21-23)8-17-15(19-14)18-10-6-7-22(9-10)27(16,24)25/h2-5,8,10H,6-7,9H2,1H3,(H2,16,24,25)(H,17,18,19). The number of anilines is 1. The zero-order valence-corrected chi connectivity index (χ0v) is 15.3. The lowest BCUT2D eigenvalue weighted by Crippen LogP contribution is -2.36. The van der Waals surface area contributed by atoms with E-state index >= 15 is 0 Å². The topological polar surface area (TPSA) is 141 Å². The molecule has 3 aromatic rings. The van der Waals surface area contributed by atoms with Crippen LogP contribution >= 0.6 is 0 Å². The van der Waals surface area contributed by atoms with E-state index in [9.17, 15) is 8.42 Å². The first-order valence-electron chi connectivity index (χ1n) is 8.21. The van der Waals surface area contributed by atoms with E-state index in [0.717, 1.165) is 11.4 Å². The van der Waals surface area contributed by atoms with Crippen LogP contribution in [0.4, 0.5) is 5.95 Å². The first-order chi connectivity index (χ1) is 12.9. The highest BCUT2D eigenvalue weighted by Crippen LogP contribution is 2.20. The number of rotatable bonds is 5. The van der Waals surface area contributed by atoms with Crippen molar-refractivity contribution in [1.29, 1.82) is 0 Å². The molecule has 1 aliphatic heterocycles. The van der Waals surface area contributed by atoms with Crippen molar-refractivity contribution in [2.75, 3.05) is 25.5 Å². The molecule has 0 aliphatic carbocycles. The summed E-state index contributed by atoms with van der Waals surface area (Å²) in [5.41, 5.74) is 1.87. The van der Waals surface area contributed by atoms with Crippen LogP contribution in [0.5, 0.6) is 5.75 Å². The number of nitrogens with two attached hydrogens (primary N) is 1. The number of methoxy groups -OCH3 is 1. The van der Waals surface area contributed by atoms with Crippen LogP contribution in [0.15, 0.2) is 30.5 Å². The molecule has 3 N–H and O–H groups in total. The average Bonchev–Trinajstić information content (AvgIpc) is 3.28. The van der Waals surface area contributed by atoms with Crippen molar-refractivity contribution in [2.45, 2.75) is 12.5 Å². The minimum Gasteiger partial charge on any atom is -0.497 e. The van der Waals surface area contributed by atoms with Gasteiger partial charge in [0, 0.05) is 19.1 Å². The van der Waals surface area contributed by atoms with E-state index < -0.39 is 10.2 Å². The quantitative estimate of drug-likeness (QED) is 0.616. The van der Waals surface area contributed by atoms with Gasteiger partial charge in [0.25, 0.3) is 10.2 Å². The van der Waals surface area contributed by atoms with E-state index in [-0.39, 0.29) is 12.6 Å². The van der Waals surface area contributed by atoms with Gasteiger partial charge < -0.3 is 10.1 Å². The van der Waals surface area contributed by atoms with Crippen LogP contribution < -0.4 is 15.2 Å². The lowest BCUT2D eigenvalue weighted by Gasteiger charge is -2.14. The SMILES string of the molecule is COc1ccc(-n2nnc3cnc(NC4CCN(S(N)(=O)=O)C4)nc32)cc1. The van der Waals surface area contributed by atoms with Crippen LogP contribution in [0.25, 0.3) is 16.9 Å². The molecule has 0 amide bonds. The molecule has 142 valence electrons. The van der Waals surface area contributed by atoms with Gasteiger partial charge in [0.05, 0.1) is 19.0 Å². The molecule has 1 saturated heterocycles. The van der Waals surface area contributed by atoms with Crippen molar-refractivity contribution in [2.24, 2.45) is 5.14 Å². The van der Waals surface area contributed by atoms with E-state index in [4.69, 9.17) is 9.88 Å². The van der Waals surface area contributed by atoms with Crippen LogP contribution in [0.2, 0.25) is 0 Å². The molecule has 0 bridgehead atoms. The summed E-state index contributed by atoms with van der Waals surface area (Å²) < 4.78 is 30.9. The Labute approximate surface area is 155 Å². The highest BCUT2D eigenvalue weighted by atomic mass is 32.2. The van der Waals surface area contributed by atoms with Gasteiger partial charge in [-0.3, -0.25) is 0 Å². The Kier molecular flexibility index (Phi) is 4.37. The third-order valence-electron chi connectivity index (χ3n) is 4.35. The minimum atomic E-state index is -3.68. The Morgan fingerprint density at radius 1 is 1.30 bits per heavy atom. The number of hydrogen-bond donors (Lipinski definition) is 2. The molecule has 3 heterocycles. The zero-order valence-electron chi connectivity index (χ0n) is 14.5. The summed E-state index contributed by atoms with van der Waals surface area (Å²) in [4.78, 5) is 8.72. The summed E-state index contributed by atoms with van der Waals surface area (Å²) in [6, 6.07) is 7.23. The van der Waals surface area contributed by atoms with E-state index in [0.29, 0.717) is 30.1 Å². The second-order valence-electron chi connectivity index (χ2n) is 6.13. The van der Waals surface area contributed by atoms with Gasteiger partial charge in [-0.2, -0.15) is 22.4 Å². The normalized spacial score (nSPS) is 18.1. The Morgan fingerprint density at radius 3 is 2.74 bits per heavy atom. The number of nitrogens with one attached hydrogen (secondary N) is 1. The fourth-order valence-electron chi connectivity index (χ4n) is 2.95. The smallest absolute Gasteiger partial charge is 0.276 e.